The number of H-pyrrole nitrogens is 1. The first kappa shape index (κ1) is 5.18. The Morgan fingerprint density at radius 2 is 2.38 bits per heavy atom. The average molecular weight is 131 g/mol. The van der Waals surface area contributed by atoms with Crippen molar-refractivity contribution in [1.29, 1.82) is 0 Å². The predicted molar refractivity (Wildman–Crippen MR) is 24.3 cm³/mol. The van der Waals surface area contributed by atoms with Gasteiger partial charge in [-0.05, 0) is 0 Å². The Morgan fingerprint density at radius 1 is 1.62 bits per heavy atom. The second-order valence-corrected chi connectivity index (χ2v) is 2.06. The summed E-state index contributed by atoms with van der Waals surface area (Å²) in [5, 5.41) is 8.66. The van der Waals surface area contributed by atoms with Gasteiger partial charge in [0.25, 0.3) is 0 Å². The predicted octanol–water partition coefficient (Wildman–Crippen LogP) is -0.397. The molecule has 8 heavy (non-hydrogen) atoms. The van der Waals surface area contributed by atoms with E-state index in [1.165, 1.54) is 6.20 Å². The summed E-state index contributed by atoms with van der Waals surface area (Å²) in [5.41, 5.74) is -0.0278. The first-order valence-electron chi connectivity index (χ1n) is 1.81. The fourth-order valence-electron chi connectivity index (χ4n) is 0.285. The highest BCUT2D eigenvalue weighted by atomic mass is 31.1. The quantitative estimate of drug-likeness (QED) is 0.526. The van der Waals surface area contributed by atoms with Crippen LogP contribution in [0.2, 0.25) is 0 Å². The Labute approximate surface area is 44.9 Å². The van der Waals surface area contributed by atoms with Crippen molar-refractivity contribution in [3.05, 3.63) is 6.20 Å². The van der Waals surface area contributed by atoms with Crippen LogP contribution in [0.5, 0.6) is 0 Å². The van der Waals surface area contributed by atoms with Gasteiger partial charge in [0.05, 0.1) is 6.20 Å². The van der Waals surface area contributed by atoms with Gasteiger partial charge in [0.1, 0.15) is 0 Å². The largest absolute Gasteiger partial charge is 0.371 e. The molecule has 6 heteroatoms. The number of aromatic amines is 1. The minimum absolute atomic E-state index is 0.0278. The van der Waals surface area contributed by atoms with Crippen molar-refractivity contribution in [2.75, 3.05) is 0 Å². The van der Waals surface area contributed by atoms with Gasteiger partial charge in [0.2, 0.25) is 5.44 Å². The maximum atomic E-state index is 9.98. The molecule has 0 radical (unpaired) electrons. The van der Waals surface area contributed by atoms with Crippen molar-refractivity contribution in [3.63, 3.8) is 0 Å². The number of hydrogen-bond acceptors (Lipinski definition) is 4. The molecule has 0 bridgehead atoms. The summed E-state index contributed by atoms with van der Waals surface area (Å²) in [5.74, 6) is 0. The van der Waals surface area contributed by atoms with Gasteiger partial charge in [-0.3, -0.25) is 5.10 Å². The summed E-state index contributed by atoms with van der Waals surface area (Å²) in [6.45, 7) is 0. The molecule has 0 amide bonds. The van der Waals surface area contributed by atoms with Crippen molar-refractivity contribution in [2.24, 2.45) is 0 Å². The molecule has 42 valence electrons. The van der Waals surface area contributed by atoms with Gasteiger partial charge < -0.3 is 0 Å². The Morgan fingerprint density at radius 3 is 2.62 bits per heavy atom. The summed E-state index contributed by atoms with van der Waals surface area (Å²) in [6.07, 6.45) is 1.21. The zero-order valence-corrected chi connectivity index (χ0v) is 4.63. The number of nitrogens with one attached hydrogen (secondary N) is 1. The molecule has 0 saturated carbocycles. The number of nitrogens with zero attached hydrogens (tertiary/aromatic N) is 2. The van der Waals surface area contributed by atoms with Crippen LogP contribution in [-0.2, 0) is 9.13 Å². The van der Waals surface area contributed by atoms with Gasteiger partial charge in [-0.25, -0.2) is 9.13 Å². The second-order valence-electron chi connectivity index (χ2n) is 1.09. The molecule has 0 fully saturated rings. The molecule has 0 aromatic carbocycles. The van der Waals surface area contributed by atoms with E-state index in [2.05, 4.69) is 15.4 Å². The van der Waals surface area contributed by atoms with Crippen LogP contribution in [0.25, 0.3) is 0 Å². The lowest BCUT2D eigenvalue weighted by atomic mass is 11.0. The van der Waals surface area contributed by atoms with Gasteiger partial charge >= 0.3 is 7.68 Å². The molecular formula is C2H2N3O2P. The van der Waals surface area contributed by atoms with E-state index in [9.17, 15) is 9.13 Å². The first-order chi connectivity index (χ1) is 3.80. The standard InChI is InChI=1S/C2H2N3O2P/c6-8(7)2-1-3-5-4-2/h1H,(H,3,4,5). The maximum absolute atomic E-state index is 9.98. The van der Waals surface area contributed by atoms with E-state index in [1.807, 2.05) is 0 Å². The Kier molecular flexibility index (Phi) is 1.22. The third-order valence-corrected chi connectivity index (χ3v) is 1.18. The van der Waals surface area contributed by atoms with Crippen molar-refractivity contribution in [1.82, 2.24) is 15.4 Å². The Hall–Kier alpha value is -0.960. The van der Waals surface area contributed by atoms with Crippen LogP contribution in [0.15, 0.2) is 6.20 Å². The minimum atomic E-state index is -2.56. The highest BCUT2D eigenvalue weighted by molar-refractivity contribution is 7.40. The van der Waals surface area contributed by atoms with Crippen LogP contribution < -0.4 is 5.44 Å². The molecular weight excluding hydrogens is 129 g/mol. The molecule has 0 aliphatic rings. The van der Waals surface area contributed by atoms with Crippen molar-refractivity contribution in [3.8, 4) is 0 Å². The molecule has 1 N–H and O–H groups in total. The van der Waals surface area contributed by atoms with Crippen LogP contribution in [0, 0.1) is 0 Å². The number of rotatable bonds is 1. The minimum Gasteiger partial charge on any atom is -0.264 e. The van der Waals surface area contributed by atoms with E-state index < -0.39 is 7.68 Å². The zero-order valence-electron chi connectivity index (χ0n) is 3.74. The topological polar surface area (TPSA) is 75.7 Å². The fraction of sp³-hybridized carbons (Fsp3) is 0. The molecule has 1 aromatic rings. The summed E-state index contributed by atoms with van der Waals surface area (Å²) in [4.78, 5) is 0. The average Bonchev–Trinajstić information content (AvgIpc) is 2.12. The van der Waals surface area contributed by atoms with Gasteiger partial charge in [0, 0.05) is 0 Å². The van der Waals surface area contributed by atoms with Crippen LogP contribution >= 0.6 is 7.68 Å². The van der Waals surface area contributed by atoms with Gasteiger partial charge in [0.15, 0.2) is 0 Å². The maximum Gasteiger partial charge on any atom is 0.371 e. The molecule has 0 spiro atoms. The lowest BCUT2D eigenvalue weighted by Crippen LogP contribution is -1.90. The molecule has 5 nitrogen and oxygen atoms in total. The van der Waals surface area contributed by atoms with E-state index in [0.717, 1.165) is 0 Å². The van der Waals surface area contributed by atoms with Gasteiger partial charge in [-0.2, -0.15) is 0 Å². The first-order valence-corrected chi connectivity index (χ1v) is 2.99. The van der Waals surface area contributed by atoms with E-state index in [4.69, 9.17) is 0 Å². The van der Waals surface area contributed by atoms with Gasteiger partial charge in [-0.1, -0.05) is 5.21 Å². The summed E-state index contributed by atoms with van der Waals surface area (Å²) in [6, 6.07) is 0. The molecule has 0 atom stereocenters. The van der Waals surface area contributed by atoms with E-state index in [-0.39, 0.29) is 5.44 Å². The highest BCUT2D eigenvalue weighted by Crippen LogP contribution is 1.96. The monoisotopic (exact) mass is 131 g/mol. The second kappa shape index (κ2) is 1.88. The molecule has 0 saturated heterocycles. The third-order valence-electron chi connectivity index (χ3n) is 0.591. The number of hydrogen-bond donors (Lipinski definition) is 1. The zero-order chi connectivity index (χ0) is 5.98. The lowest BCUT2D eigenvalue weighted by molar-refractivity contribution is 0.522. The fourth-order valence-corrected chi connectivity index (χ4v) is 0.566. The lowest BCUT2D eigenvalue weighted by Gasteiger charge is -1.62. The Bertz CT molecular complexity index is 217. The summed E-state index contributed by atoms with van der Waals surface area (Å²) in [7, 11) is -2.56. The van der Waals surface area contributed by atoms with Gasteiger partial charge in [-0.15, -0.1) is 5.10 Å². The third kappa shape index (κ3) is 0.816. The summed E-state index contributed by atoms with van der Waals surface area (Å²) >= 11 is 0. The molecule has 0 unspecified atom stereocenters. The van der Waals surface area contributed by atoms with Crippen LogP contribution in [0.3, 0.4) is 0 Å². The van der Waals surface area contributed by atoms with Crippen molar-refractivity contribution >= 4 is 13.1 Å². The van der Waals surface area contributed by atoms with Crippen LogP contribution in [-0.4, -0.2) is 15.4 Å². The highest BCUT2D eigenvalue weighted by Gasteiger charge is 1.97. The SMILES string of the molecule is O=P(=O)c1c[nH]nn1. The molecule has 0 aliphatic carbocycles. The van der Waals surface area contributed by atoms with Crippen molar-refractivity contribution < 1.29 is 9.13 Å². The van der Waals surface area contributed by atoms with Crippen LogP contribution in [0.1, 0.15) is 0 Å². The number of aromatic nitrogens is 3. The van der Waals surface area contributed by atoms with E-state index in [1.54, 1.807) is 0 Å². The molecule has 1 aromatic heterocycles. The smallest absolute Gasteiger partial charge is 0.264 e. The van der Waals surface area contributed by atoms with E-state index >= 15 is 0 Å². The normalized spacial score (nSPS) is 9.00. The Balaban J connectivity index is 3.11. The van der Waals surface area contributed by atoms with Crippen LogP contribution in [0.4, 0.5) is 0 Å². The molecule has 1 heterocycles. The molecule has 0 aliphatic heterocycles. The van der Waals surface area contributed by atoms with E-state index in [0.29, 0.717) is 0 Å². The summed E-state index contributed by atoms with van der Waals surface area (Å²) < 4.78 is 20.0. The molecule has 1 rings (SSSR count). The van der Waals surface area contributed by atoms with Crippen molar-refractivity contribution in [2.45, 2.75) is 0 Å².